The Bertz CT molecular complexity index is 3660. The molecule has 0 amide bonds. The molecular weight excluding hydrogens is 785 g/mol. The largest absolute Gasteiger partial charge is 0.309 e. The average Bonchev–Trinajstić information content (AvgIpc) is 3.87. The maximum absolute atomic E-state index is 2.48. The highest BCUT2D eigenvalue weighted by Gasteiger charge is 2.46. The predicted molar refractivity (Wildman–Crippen MR) is 273 cm³/mol. The molecule has 0 bridgehead atoms. The lowest BCUT2D eigenvalue weighted by atomic mass is 9.68. The van der Waals surface area contributed by atoms with Crippen LogP contribution in [0.25, 0.3) is 71.3 Å². The number of nitrogens with zero attached hydrogens (tertiary/aromatic N) is 2. The van der Waals surface area contributed by atoms with Crippen molar-refractivity contribution in [2.75, 3.05) is 4.90 Å². The van der Waals surface area contributed by atoms with Crippen LogP contribution in [0.15, 0.2) is 255 Å². The molecule has 1 aliphatic rings. The monoisotopic (exact) mass is 826 g/mol. The van der Waals surface area contributed by atoms with Crippen molar-refractivity contribution in [2.24, 2.45) is 0 Å². The van der Waals surface area contributed by atoms with Gasteiger partial charge in [0.2, 0.25) is 0 Å². The molecule has 0 aliphatic heterocycles. The number of para-hydroxylation sites is 1. The summed E-state index contributed by atoms with van der Waals surface area (Å²) in [7, 11) is 0. The fraction of sp³-hybridized carbons (Fsp3) is 0.0159. The van der Waals surface area contributed by atoms with Crippen molar-refractivity contribution in [3.05, 3.63) is 277 Å². The zero-order chi connectivity index (χ0) is 42.9. The minimum Gasteiger partial charge on any atom is -0.309 e. The summed E-state index contributed by atoms with van der Waals surface area (Å²) in [5.41, 5.74) is 16.5. The van der Waals surface area contributed by atoms with Crippen molar-refractivity contribution in [3.8, 4) is 27.9 Å². The Labute approximate surface area is 378 Å². The molecule has 1 aromatic heterocycles. The Hall–Kier alpha value is -8.46. The fourth-order valence-corrected chi connectivity index (χ4v) is 11.0. The number of rotatable bonds is 7. The van der Waals surface area contributed by atoms with Crippen LogP contribution in [0.4, 0.5) is 17.1 Å². The molecule has 13 rings (SSSR count). The van der Waals surface area contributed by atoms with Gasteiger partial charge in [0.25, 0.3) is 0 Å². The Kier molecular flexibility index (Phi) is 8.47. The molecule has 0 N–H and O–H groups in total. The molecule has 0 spiro atoms. The lowest BCUT2D eigenvalue weighted by Crippen LogP contribution is -2.28. The minimum absolute atomic E-state index is 0.446. The van der Waals surface area contributed by atoms with E-state index in [4.69, 9.17) is 0 Å². The third kappa shape index (κ3) is 5.67. The van der Waals surface area contributed by atoms with Crippen LogP contribution in [0.1, 0.15) is 22.3 Å². The molecule has 1 heterocycles. The zero-order valence-corrected chi connectivity index (χ0v) is 35.6. The third-order valence-electron chi connectivity index (χ3n) is 13.8. The normalized spacial score (nSPS) is 12.7. The first kappa shape index (κ1) is 37.1. The first-order chi connectivity index (χ1) is 32.3. The number of anilines is 3. The Morgan fingerprint density at radius 2 is 0.862 bits per heavy atom. The Morgan fingerprint density at radius 3 is 1.57 bits per heavy atom. The van der Waals surface area contributed by atoms with E-state index in [2.05, 4.69) is 264 Å². The summed E-state index contributed by atoms with van der Waals surface area (Å²) in [5.74, 6) is 0. The average molecular weight is 827 g/mol. The molecule has 0 saturated carbocycles. The molecule has 0 radical (unpaired) electrons. The third-order valence-corrected chi connectivity index (χ3v) is 13.8. The molecule has 0 fully saturated rings. The van der Waals surface area contributed by atoms with Crippen molar-refractivity contribution < 1.29 is 0 Å². The van der Waals surface area contributed by atoms with Gasteiger partial charge in [-0.2, -0.15) is 0 Å². The van der Waals surface area contributed by atoms with E-state index in [0.717, 1.165) is 33.9 Å². The molecule has 0 unspecified atom stereocenters. The van der Waals surface area contributed by atoms with Crippen LogP contribution >= 0.6 is 0 Å². The van der Waals surface area contributed by atoms with Gasteiger partial charge >= 0.3 is 0 Å². The van der Waals surface area contributed by atoms with E-state index < -0.39 is 5.41 Å². The van der Waals surface area contributed by atoms with E-state index in [1.54, 1.807) is 0 Å². The molecule has 0 saturated heterocycles. The predicted octanol–water partition coefficient (Wildman–Crippen LogP) is 16.6. The van der Waals surface area contributed by atoms with E-state index >= 15 is 0 Å². The van der Waals surface area contributed by atoms with Gasteiger partial charge in [-0.3, -0.25) is 0 Å². The van der Waals surface area contributed by atoms with Crippen molar-refractivity contribution >= 4 is 60.4 Å². The second-order valence-corrected chi connectivity index (χ2v) is 17.2. The van der Waals surface area contributed by atoms with Crippen molar-refractivity contribution in [1.29, 1.82) is 0 Å². The van der Waals surface area contributed by atoms with E-state index in [1.165, 1.54) is 76.7 Å². The molecule has 12 aromatic rings. The maximum atomic E-state index is 2.48. The Balaban J connectivity index is 1.00. The second-order valence-electron chi connectivity index (χ2n) is 17.2. The first-order valence-corrected chi connectivity index (χ1v) is 22.5. The summed E-state index contributed by atoms with van der Waals surface area (Å²) in [6.07, 6.45) is 0. The van der Waals surface area contributed by atoms with Crippen LogP contribution in [0.5, 0.6) is 0 Å². The summed E-state index contributed by atoms with van der Waals surface area (Å²) in [4.78, 5) is 2.44. The zero-order valence-electron chi connectivity index (χ0n) is 35.6. The molecule has 0 atom stereocenters. The van der Waals surface area contributed by atoms with Gasteiger partial charge in [0.15, 0.2) is 0 Å². The van der Waals surface area contributed by atoms with Crippen LogP contribution in [-0.4, -0.2) is 4.57 Å². The van der Waals surface area contributed by atoms with Gasteiger partial charge in [0, 0.05) is 32.9 Å². The minimum atomic E-state index is -0.446. The molecule has 1 aliphatic carbocycles. The summed E-state index contributed by atoms with van der Waals surface area (Å²) in [6.45, 7) is 0. The Morgan fingerprint density at radius 1 is 0.323 bits per heavy atom. The molecule has 2 heteroatoms. The highest BCUT2D eigenvalue weighted by atomic mass is 15.1. The van der Waals surface area contributed by atoms with Crippen molar-refractivity contribution in [1.82, 2.24) is 4.57 Å². The number of benzene rings is 11. The van der Waals surface area contributed by atoms with Gasteiger partial charge in [0.05, 0.1) is 27.8 Å². The van der Waals surface area contributed by atoms with E-state index in [-0.39, 0.29) is 0 Å². The van der Waals surface area contributed by atoms with Gasteiger partial charge in [-0.25, -0.2) is 0 Å². The van der Waals surface area contributed by atoms with Gasteiger partial charge in [0.1, 0.15) is 0 Å². The fourth-order valence-electron chi connectivity index (χ4n) is 11.0. The molecular formula is C63H42N2. The van der Waals surface area contributed by atoms with Gasteiger partial charge < -0.3 is 9.47 Å². The van der Waals surface area contributed by atoms with Crippen LogP contribution in [0.2, 0.25) is 0 Å². The smallest absolute Gasteiger partial charge is 0.0713 e. The molecule has 65 heavy (non-hydrogen) atoms. The van der Waals surface area contributed by atoms with Gasteiger partial charge in [-0.1, -0.05) is 206 Å². The summed E-state index contributed by atoms with van der Waals surface area (Å²) >= 11 is 0. The van der Waals surface area contributed by atoms with Crippen LogP contribution in [-0.2, 0) is 5.41 Å². The van der Waals surface area contributed by atoms with Gasteiger partial charge in [-0.05, 0) is 104 Å². The number of aromatic nitrogens is 1. The molecule has 11 aromatic carbocycles. The van der Waals surface area contributed by atoms with Crippen LogP contribution in [0, 0.1) is 0 Å². The summed E-state index contributed by atoms with van der Waals surface area (Å²) in [5, 5.41) is 7.32. The highest BCUT2D eigenvalue weighted by molar-refractivity contribution is 6.11. The maximum Gasteiger partial charge on any atom is 0.0713 e. The van der Waals surface area contributed by atoms with E-state index in [0.29, 0.717) is 0 Å². The van der Waals surface area contributed by atoms with E-state index in [9.17, 15) is 0 Å². The lowest BCUT2D eigenvalue weighted by molar-refractivity contribution is 0.768. The first-order valence-electron chi connectivity index (χ1n) is 22.5. The topological polar surface area (TPSA) is 8.17 Å². The molecule has 2 nitrogen and oxygen atoms in total. The molecule has 304 valence electrons. The summed E-state index contributed by atoms with van der Waals surface area (Å²) in [6, 6.07) is 93.9. The number of hydrogen-bond acceptors (Lipinski definition) is 1. The highest BCUT2D eigenvalue weighted by Crippen LogP contribution is 2.56. The second kappa shape index (κ2) is 14.8. The van der Waals surface area contributed by atoms with E-state index in [1.807, 2.05) is 0 Å². The van der Waals surface area contributed by atoms with Crippen LogP contribution < -0.4 is 4.90 Å². The number of hydrogen-bond donors (Lipinski definition) is 0. The van der Waals surface area contributed by atoms with Crippen molar-refractivity contribution in [2.45, 2.75) is 5.41 Å². The van der Waals surface area contributed by atoms with Crippen LogP contribution in [0.3, 0.4) is 0 Å². The van der Waals surface area contributed by atoms with Gasteiger partial charge in [-0.15, -0.1) is 0 Å². The quantitative estimate of drug-likeness (QED) is 0.155. The lowest BCUT2D eigenvalue weighted by Gasteiger charge is -2.33. The van der Waals surface area contributed by atoms with Crippen molar-refractivity contribution in [3.63, 3.8) is 0 Å². The standard InChI is InChI=1S/C63H42N2/c1-3-23-47(24-4-1)63(48-25-5-2-6-26-48)57-32-13-11-30-53(57)56-42-50(37-39-58(56)63)65-61-33-14-12-31-54(61)55-38-36-46(41-62(55)65)45-22-15-27-49(40-45)64(59-34-16-20-43-18-7-9-28-51(43)59)60-35-17-21-44-19-8-10-29-52(44)60/h1-42H. The SMILES string of the molecule is c1ccc(C2(c3ccccc3)c3ccccc3-c3cc(-n4c5ccccc5c5ccc(-c6cccc(N(c7cccc8ccccc78)c7cccc8ccccc78)c6)cc54)ccc32)cc1. The number of fused-ring (bicyclic) bond motifs is 8. The summed E-state index contributed by atoms with van der Waals surface area (Å²) < 4.78 is 2.48.